The van der Waals surface area contributed by atoms with Gasteiger partial charge >= 0.3 is 12.1 Å². The van der Waals surface area contributed by atoms with Crippen LogP contribution in [0.2, 0.25) is 5.02 Å². The maximum absolute atomic E-state index is 13.6. The number of carbonyl (C=O) groups is 6. The van der Waals surface area contributed by atoms with Gasteiger partial charge in [-0.1, -0.05) is 17.7 Å². The average Bonchev–Trinajstić information content (AvgIpc) is 3.44. The minimum atomic E-state index is -1.47. The Morgan fingerprint density at radius 2 is 1.62 bits per heavy atom. The molecule has 4 aliphatic heterocycles. The molecule has 3 saturated heterocycles. The first-order chi connectivity index (χ1) is 19.0. The van der Waals surface area contributed by atoms with Crippen LogP contribution in [0.25, 0.3) is 6.08 Å². The molecule has 1 N–H and O–H groups in total. The van der Waals surface area contributed by atoms with E-state index in [9.17, 15) is 28.8 Å². The van der Waals surface area contributed by atoms with Gasteiger partial charge in [-0.2, -0.15) is 0 Å². The van der Waals surface area contributed by atoms with Crippen molar-refractivity contribution in [2.24, 2.45) is 5.41 Å². The quantitative estimate of drug-likeness (QED) is 0.339. The van der Waals surface area contributed by atoms with Gasteiger partial charge in [0.25, 0.3) is 11.8 Å². The zero-order chi connectivity index (χ0) is 28.5. The lowest BCUT2D eigenvalue weighted by Gasteiger charge is -2.50. The van der Waals surface area contributed by atoms with Gasteiger partial charge in [0.1, 0.15) is 5.57 Å². The maximum atomic E-state index is 13.6. The molecule has 40 heavy (non-hydrogen) atoms. The van der Waals surface area contributed by atoms with Crippen LogP contribution in [-0.4, -0.2) is 72.2 Å². The lowest BCUT2D eigenvalue weighted by molar-refractivity contribution is -0.159. The summed E-state index contributed by atoms with van der Waals surface area (Å²) in [7, 11) is 2.76. The minimum Gasteiger partial charge on any atom is -0.367 e. The van der Waals surface area contributed by atoms with Gasteiger partial charge in [0.15, 0.2) is 5.41 Å². The average molecular weight is 562 g/mol. The van der Waals surface area contributed by atoms with Gasteiger partial charge < -0.3 is 4.90 Å². The third kappa shape index (κ3) is 3.57. The molecule has 3 fully saturated rings. The first kappa shape index (κ1) is 25.8. The number of benzene rings is 2. The third-order valence-electron chi connectivity index (χ3n) is 8.15. The van der Waals surface area contributed by atoms with E-state index >= 15 is 0 Å². The predicted molar refractivity (Wildman–Crippen MR) is 144 cm³/mol. The van der Waals surface area contributed by atoms with E-state index in [4.69, 9.17) is 11.6 Å². The number of nitrogens with one attached hydrogen (secondary N) is 1. The number of hydrogen-bond acceptors (Lipinski definition) is 7. The topological polar surface area (TPSA) is 127 Å². The van der Waals surface area contributed by atoms with Crippen molar-refractivity contribution < 1.29 is 28.8 Å². The number of nitrogens with zero attached hydrogens (tertiary/aromatic N) is 4. The molecule has 11 nitrogen and oxygen atoms in total. The van der Waals surface area contributed by atoms with Crippen molar-refractivity contribution in [3.63, 3.8) is 0 Å². The molecule has 0 saturated carbocycles. The number of barbiturate groups is 2. The van der Waals surface area contributed by atoms with Crippen molar-refractivity contribution in [1.82, 2.24) is 15.1 Å². The van der Waals surface area contributed by atoms with Gasteiger partial charge in [-0.3, -0.25) is 34.3 Å². The van der Waals surface area contributed by atoms with E-state index in [1.807, 2.05) is 11.0 Å². The number of anilines is 2. The second kappa shape index (κ2) is 9.02. The highest BCUT2D eigenvalue weighted by Gasteiger charge is 2.63. The molecule has 0 radical (unpaired) electrons. The fourth-order valence-electron chi connectivity index (χ4n) is 6.28. The summed E-state index contributed by atoms with van der Waals surface area (Å²) < 4.78 is 0. The number of amides is 8. The van der Waals surface area contributed by atoms with Gasteiger partial charge in [0.05, 0.1) is 11.7 Å². The van der Waals surface area contributed by atoms with E-state index in [2.05, 4.69) is 5.32 Å². The van der Waals surface area contributed by atoms with Gasteiger partial charge in [-0.25, -0.2) is 14.5 Å². The number of carbonyl (C=O) groups excluding carboxylic acids is 6. The molecule has 0 bridgehead atoms. The van der Waals surface area contributed by atoms with Crippen LogP contribution >= 0.6 is 11.6 Å². The second-order valence-electron chi connectivity index (χ2n) is 10.3. The van der Waals surface area contributed by atoms with Crippen molar-refractivity contribution in [1.29, 1.82) is 0 Å². The summed E-state index contributed by atoms with van der Waals surface area (Å²) in [4.78, 5) is 83.2. The molecule has 2 aromatic rings. The van der Waals surface area contributed by atoms with E-state index in [0.29, 0.717) is 29.1 Å². The standard InChI is InChI=1S/C28H24ClN5O6/c1-31-24(37)28(25(38)32(2)27(31)40)14-16-12-15(5-10-20(16)33-11-3-4-21(28)33)13-19-22(35)30-26(39)34(23(19)36)18-8-6-17(29)7-9-18/h5-10,12-13,21H,3-4,11,14H2,1-2H3,(H,30,35,39)/b19-13+. The Morgan fingerprint density at radius 3 is 2.30 bits per heavy atom. The molecule has 0 aliphatic carbocycles. The highest BCUT2D eigenvalue weighted by atomic mass is 35.5. The Kier molecular flexibility index (Phi) is 5.81. The van der Waals surface area contributed by atoms with Crippen LogP contribution < -0.4 is 15.1 Å². The van der Waals surface area contributed by atoms with E-state index in [1.165, 1.54) is 44.4 Å². The summed E-state index contributed by atoms with van der Waals surface area (Å²) in [5, 5.41) is 2.61. The lowest BCUT2D eigenvalue weighted by atomic mass is 9.68. The molecule has 4 aliphatic rings. The van der Waals surface area contributed by atoms with Crippen molar-refractivity contribution in [3.05, 3.63) is 64.2 Å². The van der Waals surface area contributed by atoms with Crippen LogP contribution in [0.4, 0.5) is 21.0 Å². The van der Waals surface area contributed by atoms with E-state index < -0.39 is 47.1 Å². The maximum Gasteiger partial charge on any atom is 0.335 e. The smallest absolute Gasteiger partial charge is 0.335 e. The molecule has 204 valence electrons. The summed E-state index contributed by atoms with van der Waals surface area (Å²) in [6.45, 7) is 0.640. The SMILES string of the molecule is CN1C(=O)N(C)C(=O)C2(Cc3cc(/C=C4\C(=O)NC(=O)N(c5ccc(Cl)cc5)C4=O)ccc3N3CCCC32)C1=O. The Labute approximate surface area is 233 Å². The number of fused-ring (bicyclic) bond motifs is 4. The second-order valence-corrected chi connectivity index (χ2v) is 10.8. The Hall–Kier alpha value is -4.51. The molecule has 1 spiro atoms. The van der Waals surface area contributed by atoms with E-state index in [1.54, 1.807) is 12.1 Å². The molecule has 1 unspecified atom stereocenters. The fourth-order valence-corrected chi connectivity index (χ4v) is 6.40. The van der Waals surface area contributed by atoms with Crippen molar-refractivity contribution in [2.75, 3.05) is 30.4 Å². The van der Waals surface area contributed by atoms with Crippen molar-refractivity contribution in [2.45, 2.75) is 25.3 Å². The summed E-state index contributed by atoms with van der Waals surface area (Å²) >= 11 is 5.93. The normalized spacial score (nSPS) is 23.3. The third-order valence-corrected chi connectivity index (χ3v) is 8.40. The van der Waals surface area contributed by atoms with E-state index in [-0.39, 0.29) is 17.7 Å². The van der Waals surface area contributed by atoms with Crippen LogP contribution in [-0.2, 0) is 25.6 Å². The van der Waals surface area contributed by atoms with Crippen LogP contribution in [0.5, 0.6) is 0 Å². The molecular weight excluding hydrogens is 538 g/mol. The zero-order valence-electron chi connectivity index (χ0n) is 21.6. The summed E-state index contributed by atoms with van der Waals surface area (Å²) in [5.41, 5.74) is 0.533. The van der Waals surface area contributed by atoms with Gasteiger partial charge in [-0.15, -0.1) is 0 Å². The number of halogens is 1. The first-order valence-corrected chi connectivity index (χ1v) is 13.1. The van der Waals surface area contributed by atoms with Crippen LogP contribution in [0, 0.1) is 5.41 Å². The molecule has 2 aromatic carbocycles. The molecule has 12 heteroatoms. The number of imide groups is 4. The Balaban J connectivity index is 1.40. The Bertz CT molecular complexity index is 1540. The molecule has 6 rings (SSSR count). The highest BCUT2D eigenvalue weighted by Crippen LogP contribution is 2.49. The molecule has 8 amide bonds. The zero-order valence-corrected chi connectivity index (χ0v) is 22.4. The van der Waals surface area contributed by atoms with Gasteiger partial charge in [-0.05, 0) is 72.9 Å². The van der Waals surface area contributed by atoms with Crippen LogP contribution in [0.3, 0.4) is 0 Å². The summed E-state index contributed by atoms with van der Waals surface area (Å²) in [6.07, 6.45) is 2.85. The van der Waals surface area contributed by atoms with E-state index in [0.717, 1.165) is 26.8 Å². The lowest BCUT2D eigenvalue weighted by Crippen LogP contribution is -2.70. The summed E-state index contributed by atoms with van der Waals surface area (Å²) in [5.74, 6) is -2.71. The minimum absolute atomic E-state index is 0.0651. The molecular formula is C28H24ClN5O6. The molecule has 1 atom stereocenters. The molecule has 0 aromatic heterocycles. The number of urea groups is 2. The predicted octanol–water partition coefficient (Wildman–Crippen LogP) is 2.57. The summed E-state index contributed by atoms with van der Waals surface area (Å²) in [6, 6.07) is 9.42. The number of hydrogen-bond donors (Lipinski definition) is 1. The monoisotopic (exact) mass is 561 g/mol. The van der Waals surface area contributed by atoms with Crippen LogP contribution in [0.15, 0.2) is 48.0 Å². The highest BCUT2D eigenvalue weighted by molar-refractivity contribution is 6.39. The number of rotatable bonds is 2. The van der Waals surface area contributed by atoms with Crippen molar-refractivity contribution in [3.8, 4) is 0 Å². The van der Waals surface area contributed by atoms with Gasteiger partial charge in [0, 0.05) is 31.4 Å². The Morgan fingerprint density at radius 1 is 0.950 bits per heavy atom. The molecule has 4 heterocycles. The fraction of sp³-hybridized carbons (Fsp3) is 0.286. The van der Waals surface area contributed by atoms with Gasteiger partial charge in [0.2, 0.25) is 11.8 Å². The van der Waals surface area contributed by atoms with Crippen molar-refractivity contribution >= 4 is 64.7 Å². The van der Waals surface area contributed by atoms with Crippen LogP contribution in [0.1, 0.15) is 24.0 Å². The largest absolute Gasteiger partial charge is 0.367 e. The first-order valence-electron chi connectivity index (χ1n) is 12.7.